The summed E-state index contributed by atoms with van der Waals surface area (Å²) in [6.07, 6.45) is 1.93. The smallest absolute Gasteiger partial charge is 0.292 e. The number of carbonyl (C=O) groups excluding carboxylic acids is 1. The van der Waals surface area contributed by atoms with E-state index in [0.29, 0.717) is 13.1 Å². The second-order valence-corrected chi connectivity index (χ2v) is 4.87. The molecule has 0 aromatic heterocycles. The summed E-state index contributed by atoms with van der Waals surface area (Å²) in [4.78, 5) is 24.4. The van der Waals surface area contributed by atoms with Crippen molar-refractivity contribution in [2.24, 2.45) is 0 Å². The zero-order valence-electron chi connectivity index (χ0n) is 11.3. The van der Waals surface area contributed by atoms with E-state index in [-0.39, 0.29) is 28.9 Å². The fraction of sp³-hybridized carbons (Fsp3) is 0.462. The van der Waals surface area contributed by atoms with Gasteiger partial charge < -0.3 is 16.0 Å². The van der Waals surface area contributed by atoms with Gasteiger partial charge in [-0.1, -0.05) is 6.07 Å². The van der Waals surface area contributed by atoms with Gasteiger partial charge in [-0.3, -0.25) is 14.9 Å². The summed E-state index contributed by atoms with van der Waals surface area (Å²) < 4.78 is 0. The van der Waals surface area contributed by atoms with Crippen molar-refractivity contribution in [3.05, 3.63) is 33.9 Å². The van der Waals surface area contributed by atoms with Crippen LogP contribution in [0.25, 0.3) is 0 Å². The molecule has 1 amide bonds. The number of nitrogens with one attached hydrogen (secondary N) is 1. The molecule has 1 atom stereocenters. The number of rotatable bonds is 3. The van der Waals surface area contributed by atoms with E-state index < -0.39 is 4.92 Å². The molecule has 3 N–H and O–H groups in total. The first-order chi connectivity index (χ1) is 9.54. The van der Waals surface area contributed by atoms with Crippen LogP contribution >= 0.6 is 0 Å². The molecule has 0 spiro atoms. The molecule has 108 valence electrons. The molecule has 0 radical (unpaired) electrons. The molecule has 1 heterocycles. The fourth-order valence-corrected chi connectivity index (χ4v) is 2.47. The number of nitrogens with zero attached hydrogens (tertiary/aromatic N) is 2. The van der Waals surface area contributed by atoms with Crippen molar-refractivity contribution in [3.63, 3.8) is 0 Å². The van der Waals surface area contributed by atoms with Crippen molar-refractivity contribution < 1.29 is 9.72 Å². The number of amides is 1. The number of nitrogens with two attached hydrogens (primary N) is 1. The lowest BCUT2D eigenvalue weighted by molar-refractivity contribution is -0.383. The Bertz CT molecular complexity index is 532. The summed E-state index contributed by atoms with van der Waals surface area (Å²) >= 11 is 0. The molecule has 0 aliphatic carbocycles. The van der Waals surface area contributed by atoms with E-state index in [9.17, 15) is 14.9 Å². The monoisotopic (exact) mass is 278 g/mol. The Morgan fingerprint density at radius 2 is 2.30 bits per heavy atom. The van der Waals surface area contributed by atoms with Gasteiger partial charge >= 0.3 is 0 Å². The van der Waals surface area contributed by atoms with Gasteiger partial charge in [0.1, 0.15) is 5.69 Å². The first kappa shape index (κ1) is 14.3. The molecular formula is C13H18N4O3. The van der Waals surface area contributed by atoms with Gasteiger partial charge in [0.25, 0.3) is 11.6 Å². The van der Waals surface area contributed by atoms with Crippen LogP contribution in [0, 0.1) is 10.1 Å². The van der Waals surface area contributed by atoms with Gasteiger partial charge in [0.05, 0.1) is 10.5 Å². The third-order valence-corrected chi connectivity index (χ3v) is 3.63. The van der Waals surface area contributed by atoms with E-state index >= 15 is 0 Å². The van der Waals surface area contributed by atoms with Crippen LogP contribution in [-0.4, -0.2) is 41.9 Å². The minimum Gasteiger partial charge on any atom is -0.393 e. The SMILES string of the molecule is CNC1CCCN(C(=O)c2cccc([N+](=O)[O-])c2N)C1. The third kappa shape index (κ3) is 2.72. The Labute approximate surface area is 116 Å². The summed E-state index contributed by atoms with van der Waals surface area (Å²) in [5.74, 6) is -0.244. The number of hydrogen-bond acceptors (Lipinski definition) is 5. The molecule has 1 aliphatic heterocycles. The number of anilines is 1. The number of nitro benzene ring substituents is 1. The lowest BCUT2D eigenvalue weighted by Crippen LogP contribution is -2.47. The normalized spacial score (nSPS) is 18.9. The van der Waals surface area contributed by atoms with Crippen molar-refractivity contribution in [1.29, 1.82) is 0 Å². The number of likely N-dealkylation sites (tertiary alicyclic amines) is 1. The van der Waals surface area contributed by atoms with Crippen molar-refractivity contribution in [3.8, 4) is 0 Å². The molecule has 2 rings (SSSR count). The van der Waals surface area contributed by atoms with Gasteiger partial charge in [0, 0.05) is 25.2 Å². The summed E-state index contributed by atoms with van der Waals surface area (Å²) in [5, 5.41) is 14.0. The summed E-state index contributed by atoms with van der Waals surface area (Å²) in [6.45, 7) is 1.25. The Morgan fingerprint density at radius 3 is 2.95 bits per heavy atom. The first-order valence-electron chi connectivity index (χ1n) is 6.54. The second-order valence-electron chi connectivity index (χ2n) is 4.87. The quantitative estimate of drug-likeness (QED) is 0.488. The van der Waals surface area contributed by atoms with Crippen LogP contribution in [0.1, 0.15) is 23.2 Å². The highest BCUT2D eigenvalue weighted by molar-refractivity contribution is 6.01. The van der Waals surface area contributed by atoms with E-state index in [4.69, 9.17) is 5.73 Å². The topological polar surface area (TPSA) is 102 Å². The van der Waals surface area contributed by atoms with Crippen LogP contribution in [0.4, 0.5) is 11.4 Å². The number of likely N-dealkylation sites (N-methyl/N-ethyl adjacent to an activating group) is 1. The highest BCUT2D eigenvalue weighted by atomic mass is 16.6. The zero-order chi connectivity index (χ0) is 14.7. The Balaban J connectivity index is 2.25. The average molecular weight is 278 g/mol. The number of nitro groups is 1. The van der Waals surface area contributed by atoms with Crippen LogP contribution in [-0.2, 0) is 0 Å². The molecule has 1 aliphatic rings. The molecular weight excluding hydrogens is 260 g/mol. The van der Waals surface area contributed by atoms with Crippen molar-refractivity contribution >= 4 is 17.3 Å². The second kappa shape index (κ2) is 5.87. The molecule has 0 bridgehead atoms. The van der Waals surface area contributed by atoms with Crippen LogP contribution in [0.15, 0.2) is 18.2 Å². The van der Waals surface area contributed by atoms with E-state index in [1.54, 1.807) is 4.90 Å². The van der Waals surface area contributed by atoms with Gasteiger partial charge in [0.2, 0.25) is 0 Å². The fourth-order valence-electron chi connectivity index (χ4n) is 2.47. The van der Waals surface area contributed by atoms with Gasteiger partial charge in [-0.15, -0.1) is 0 Å². The average Bonchev–Trinajstić information content (AvgIpc) is 2.46. The predicted octanol–water partition coefficient (Wildman–Crippen LogP) is 1.00. The van der Waals surface area contributed by atoms with Crippen LogP contribution in [0.5, 0.6) is 0 Å². The first-order valence-corrected chi connectivity index (χ1v) is 6.54. The third-order valence-electron chi connectivity index (χ3n) is 3.63. The van der Waals surface area contributed by atoms with E-state index in [1.165, 1.54) is 18.2 Å². The minimum atomic E-state index is -0.571. The van der Waals surface area contributed by atoms with Gasteiger partial charge in [-0.2, -0.15) is 0 Å². The van der Waals surface area contributed by atoms with Gasteiger partial charge in [0.15, 0.2) is 0 Å². The molecule has 1 unspecified atom stereocenters. The standard InChI is InChI=1S/C13H18N4O3/c1-15-9-4-3-7-16(8-9)13(18)10-5-2-6-11(12(10)14)17(19)20/h2,5-6,9,15H,3-4,7-8,14H2,1H3. The molecule has 1 aromatic carbocycles. The number of para-hydroxylation sites is 1. The Hall–Kier alpha value is -2.15. The predicted molar refractivity (Wildman–Crippen MR) is 75.5 cm³/mol. The highest BCUT2D eigenvalue weighted by Crippen LogP contribution is 2.26. The molecule has 7 heteroatoms. The molecule has 1 fully saturated rings. The maximum atomic E-state index is 12.5. The molecule has 0 saturated carbocycles. The lowest BCUT2D eigenvalue weighted by Gasteiger charge is -2.32. The number of carbonyl (C=O) groups is 1. The van der Waals surface area contributed by atoms with E-state index in [2.05, 4.69) is 5.32 Å². The summed E-state index contributed by atoms with van der Waals surface area (Å²) in [6, 6.07) is 4.58. The van der Waals surface area contributed by atoms with E-state index in [1.807, 2.05) is 7.05 Å². The van der Waals surface area contributed by atoms with Crippen molar-refractivity contribution in [2.75, 3.05) is 25.9 Å². The van der Waals surface area contributed by atoms with Crippen molar-refractivity contribution in [1.82, 2.24) is 10.2 Å². The molecule has 20 heavy (non-hydrogen) atoms. The number of nitrogen functional groups attached to an aromatic ring is 1. The van der Waals surface area contributed by atoms with Crippen LogP contribution in [0.3, 0.4) is 0 Å². The zero-order valence-corrected chi connectivity index (χ0v) is 11.3. The van der Waals surface area contributed by atoms with Gasteiger partial charge in [-0.25, -0.2) is 0 Å². The molecule has 1 saturated heterocycles. The number of benzene rings is 1. The summed E-state index contributed by atoms with van der Waals surface area (Å²) in [5.41, 5.74) is 5.67. The van der Waals surface area contributed by atoms with Crippen molar-refractivity contribution in [2.45, 2.75) is 18.9 Å². The van der Waals surface area contributed by atoms with E-state index in [0.717, 1.165) is 12.8 Å². The van der Waals surface area contributed by atoms with Crippen LogP contribution < -0.4 is 11.1 Å². The largest absolute Gasteiger partial charge is 0.393 e. The summed E-state index contributed by atoms with van der Waals surface area (Å²) in [7, 11) is 1.86. The molecule has 7 nitrogen and oxygen atoms in total. The maximum Gasteiger partial charge on any atom is 0.292 e. The molecule has 1 aromatic rings. The van der Waals surface area contributed by atoms with Gasteiger partial charge in [-0.05, 0) is 26.0 Å². The minimum absolute atomic E-state index is 0.0610. The Morgan fingerprint density at radius 1 is 1.55 bits per heavy atom. The maximum absolute atomic E-state index is 12.5. The van der Waals surface area contributed by atoms with Crippen LogP contribution in [0.2, 0.25) is 0 Å². The lowest BCUT2D eigenvalue weighted by atomic mass is 10.0. The highest BCUT2D eigenvalue weighted by Gasteiger charge is 2.27. The Kier molecular flexibility index (Phi) is 4.19. The number of hydrogen-bond donors (Lipinski definition) is 2. The number of piperidine rings is 1.